The minimum absolute atomic E-state index is 0.754. The highest BCUT2D eigenvalue weighted by Gasteiger charge is 2.02. The van der Waals surface area contributed by atoms with Crippen molar-refractivity contribution in [2.45, 2.75) is 0 Å². The lowest BCUT2D eigenvalue weighted by Crippen LogP contribution is -1.89. The van der Waals surface area contributed by atoms with E-state index in [0.29, 0.717) is 0 Å². The summed E-state index contributed by atoms with van der Waals surface area (Å²) in [6.07, 6.45) is 1.65. The van der Waals surface area contributed by atoms with Crippen molar-refractivity contribution in [3.8, 4) is 0 Å². The van der Waals surface area contributed by atoms with E-state index in [4.69, 9.17) is 5.73 Å². The van der Waals surface area contributed by atoms with Gasteiger partial charge in [-0.15, -0.1) is 0 Å². The number of nitrogen functional groups attached to an aromatic ring is 1. The predicted molar refractivity (Wildman–Crippen MR) is 53.2 cm³/mol. The Morgan fingerprint density at radius 2 is 2.27 bits per heavy atom. The lowest BCUT2D eigenvalue weighted by Gasteiger charge is -1.96. The molecule has 2 aromatic rings. The van der Waals surface area contributed by atoms with E-state index < -0.39 is 0 Å². The number of H-pyrrole nitrogens is 1. The van der Waals surface area contributed by atoms with Crippen LogP contribution in [0.4, 0.5) is 5.69 Å². The second kappa shape index (κ2) is 2.37. The molecule has 0 atom stereocenters. The number of aromatic amines is 1. The van der Waals surface area contributed by atoms with Gasteiger partial charge in [0.15, 0.2) is 0 Å². The monoisotopic (exact) mass is 259 g/mol. The van der Waals surface area contributed by atoms with Crippen molar-refractivity contribution in [1.82, 2.24) is 9.97 Å². The summed E-state index contributed by atoms with van der Waals surface area (Å²) in [4.78, 5) is 7.09. The number of nitrogens with two attached hydrogens (primary N) is 1. The zero-order valence-corrected chi connectivity index (χ0v) is 7.79. The Labute approximate surface area is 77.1 Å². The van der Waals surface area contributed by atoms with E-state index in [-0.39, 0.29) is 0 Å². The number of benzene rings is 1. The number of halogens is 1. The molecular formula is C7H6IN3. The third-order valence-electron chi connectivity index (χ3n) is 1.58. The van der Waals surface area contributed by atoms with Crippen molar-refractivity contribution in [3.63, 3.8) is 0 Å². The van der Waals surface area contributed by atoms with Crippen molar-refractivity contribution in [2.75, 3.05) is 5.73 Å². The largest absolute Gasteiger partial charge is 0.396 e. The molecule has 0 bridgehead atoms. The summed E-state index contributed by atoms with van der Waals surface area (Å²) in [7, 11) is 0. The van der Waals surface area contributed by atoms with Crippen LogP contribution in [0.15, 0.2) is 18.5 Å². The molecule has 0 radical (unpaired) electrons. The van der Waals surface area contributed by atoms with Crippen LogP contribution in [0.2, 0.25) is 0 Å². The summed E-state index contributed by atoms with van der Waals surface area (Å²) >= 11 is 2.19. The van der Waals surface area contributed by atoms with Gasteiger partial charge in [0.25, 0.3) is 0 Å². The third-order valence-corrected chi connectivity index (χ3v) is 2.52. The molecule has 0 spiro atoms. The average Bonchev–Trinajstić information content (AvgIpc) is 2.45. The fourth-order valence-electron chi connectivity index (χ4n) is 1.01. The van der Waals surface area contributed by atoms with E-state index in [1.807, 2.05) is 12.1 Å². The van der Waals surface area contributed by atoms with E-state index in [2.05, 4.69) is 32.6 Å². The molecule has 1 aromatic heterocycles. The minimum Gasteiger partial charge on any atom is -0.396 e. The van der Waals surface area contributed by atoms with Gasteiger partial charge in [-0.05, 0) is 34.7 Å². The van der Waals surface area contributed by atoms with E-state index in [9.17, 15) is 0 Å². The molecule has 0 saturated heterocycles. The fourth-order valence-corrected chi connectivity index (χ4v) is 1.44. The maximum atomic E-state index is 5.77. The van der Waals surface area contributed by atoms with Crippen LogP contribution >= 0.6 is 22.6 Å². The van der Waals surface area contributed by atoms with Gasteiger partial charge in [0.2, 0.25) is 0 Å². The summed E-state index contributed by atoms with van der Waals surface area (Å²) in [6.45, 7) is 0. The summed E-state index contributed by atoms with van der Waals surface area (Å²) in [6, 6.07) is 3.94. The average molecular weight is 259 g/mol. The zero-order valence-electron chi connectivity index (χ0n) is 5.63. The second-order valence-electron chi connectivity index (χ2n) is 2.26. The van der Waals surface area contributed by atoms with E-state index in [1.54, 1.807) is 6.33 Å². The Balaban J connectivity index is 2.93. The van der Waals surface area contributed by atoms with Gasteiger partial charge in [0.05, 0.1) is 17.5 Å². The predicted octanol–water partition coefficient (Wildman–Crippen LogP) is 1.75. The smallest absolute Gasteiger partial charge is 0.112 e. The lowest BCUT2D eigenvalue weighted by molar-refractivity contribution is 1.34. The molecule has 3 N–H and O–H groups in total. The number of anilines is 1. The molecule has 4 heteroatoms. The maximum Gasteiger partial charge on any atom is 0.112 e. The molecule has 0 unspecified atom stereocenters. The highest BCUT2D eigenvalue weighted by molar-refractivity contribution is 14.1. The number of fused-ring (bicyclic) bond motifs is 1. The van der Waals surface area contributed by atoms with Gasteiger partial charge in [-0.2, -0.15) is 0 Å². The normalized spacial score (nSPS) is 10.6. The first kappa shape index (κ1) is 6.90. The summed E-state index contributed by atoms with van der Waals surface area (Å²) in [5, 5.41) is 0. The van der Waals surface area contributed by atoms with Crippen LogP contribution in [0.1, 0.15) is 0 Å². The van der Waals surface area contributed by atoms with Crippen LogP contribution in [0, 0.1) is 3.57 Å². The van der Waals surface area contributed by atoms with Gasteiger partial charge in [0.1, 0.15) is 5.52 Å². The zero-order chi connectivity index (χ0) is 7.84. The molecule has 0 amide bonds. The first-order chi connectivity index (χ1) is 5.29. The van der Waals surface area contributed by atoms with Crippen LogP contribution in [0.5, 0.6) is 0 Å². The van der Waals surface area contributed by atoms with Crippen molar-refractivity contribution >= 4 is 39.3 Å². The number of rotatable bonds is 0. The maximum absolute atomic E-state index is 5.77. The van der Waals surface area contributed by atoms with Crippen molar-refractivity contribution in [2.24, 2.45) is 0 Å². The van der Waals surface area contributed by atoms with E-state index >= 15 is 0 Å². The summed E-state index contributed by atoms with van der Waals surface area (Å²) in [5.74, 6) is 0. The SMILES string of the molecule is Nc1c(I)ccc2[nH]cnc12. The Bertz CT molecular complexity index is 393. The topological polar surface area (TPSA) is 54.7 Å². The Morgan fingerprint density at radius 1 is 1.45 bits per heavy atom. The van der Waals surface area contributed by atoms with Gasteiger partial charge in [-0.25, -0.2) is 4.98 Å². The first-order valence-corrected chi connectivity index (χ1v) is 4.24. The van der Waals surface area contributed by atoms with Crippen LogP contribution in [0.25, 0.3) is 11.0 Å². The van der Waals surface area contributed by atoms with Crippen LogP contribution in [0.3, 0.4) is 0 Å². The van der Waals surface area contributed by atoms with Gasteiger partial charge in [-0.1, -0.05) is 0 Å². The number of nitrogens with zero attached hydrogens (tertiary/aromatic N) is 1. The Kier molecular flexibility index (Phi) is 1.49. The molecule has 0 aliphatic rings. The highest BCUT2D eigenvalue weighted by atomic mass is 127. The standard InChI is InChI=1S/C7H6IN3/c8-4-1-2-5-7(6(4)9)11-3-10-5/h1-3H,9H2,(H,10,11). The Morgan fingerprint density at radius 3 is 3.09 bits per heavy atom. The number of hydrogen-bond donors (Lipinski definition) is 2. The molecule has 1 heterocycles. The van der Waals surface area contributed by atoms with Gasteiger partial charge in [0, 0.05) is 3.57 Å². The van der Waals surface area contributed by atoms with Gasteiger partial charge < -0.3 is 10.7 Å². The number of nitrogens with one attached hydrogen (secondary N) is 1. The molecule has 1 aromatic carbocycles. The molecule has 0 aliphatic carbocycles. The quantitative estimate of drug-likeness (QED) is 0.559. The third kappa shape index (κ3) is 0.973. The molecule has 0 saturated carbocycles. The van der Waals surface area contributed by atoms with Crippen LogP contribution < -0.4 is 5.73 Å². The minimum atomic E-state index is 0.754. The van der Waals surface area contributed by atoms with Crippen LogP contribution in [-0.4, -0.2) is 9.97 Å². The van der Waals surface area contributed by atoms with E-state index in [1.165, 1.54) is 0 Å². The highest BCUT2D eigenvalue weighted by Crippen LogP contribution is 2.22. The first-order valence-electron chi connectivity index (χ1n) is 3.16. The second-order valence-corrected chi connectivity index (χ2v) is 3.42. The van der Waals surface area contributed by atoms with Crippen molar-refractivity contribution in [3.05, 3.63) is 22.0 Å². The molecule has 0 fully saturated rings. The number of aromatic nitrogens is 2. The summed E-state index contributed by atoms with van der Waals surface area (Å²) < 4.78 is 1.04. The molecular weight excluding hydrogens is 253 g/mol. The lowest BCUT2D eigenvalue weighted by atomic mass is 10.3. The van der Waals surface area contributed by atoms with Crippen LogP contribution in [-0.2, 0) is 0 Å². The molecule has 3 nitrogen and oxygen atoms in total. The fraction of sp³-hybridized carbons (Fsp3) is 0. The molecule has 56 valence electrons. The summed E-state index contributed by atoms with van der Waals surface area (Å²) in [5.41, 5.74) is 8.37. The van der Waals surface area contributed by atoms with Crippen molar-refractivity contribution < 1.29 is 0 Å². The molecule has 11 heavy (non-hydrogen) atoms. The number of hydrogen-bond acceptors (Lipinski definition) is 2. The van der Waals surface area contributed by atoms with Gasteiger partial charge in [-0.3, -0.25) is 0 Å². The molecule has 2 rings (SSSR count). The van der Waals surface area contributed by atoms with Gasteiger partial charge >= 0.3 is 0 Å². The Hall–Kier alpha value is -0.780. The van der Waals surface area contributed by atoms with E-state index in [0.717, 1.165) is 20.3 Å². The number of imidazole rings is 1. The molecule has 0 aliphatic heterocycles. The van der Waals surface area contributed by atoms with Crippen molar-refractivity contribution in [1.29, 1.82) is 0 Å².